The van der Waals surface area contributed by atoms with E-state index in [1.54, 1.807) is 18.3 Å². The molecule has 0 fully saturated rings. The summed E-state index contributed by atoms with van der Waals surface area (Å²) >= 11 is 13.0. The Morgan fingerprint density at radius 3 is 2.71 bits per heavy atom. The largest absolute Gasteiger partial charge is 0.382 e. The fourth-order valence-electron chi connectivity index (χ4n) is 1.22. The summed E-state index contributed by atoms with van der Waals surface area (Å²) in [5.74, 6) is 0. The van der Waals surface area contributed by atoms with Crippen molar-refractivity contribution >= 4 is 34.5 Å². The fourth-order valence-corrected chi connectivity index (χ4v) is 2.74. The third kappa shape index (κ3) is 1.81. The van der Waals surface area contributed by atoms with Crippen LogP contribution < -0.4 is 0 Å². The number of aromatic amines is 1. The summed E-state index contributed by atoms with van der Waals surface area (Å²) in [6, 6.07) is 5.30. The monoisotopic (exact) mass is 247 g/mol. The molecule has 2 aromatic heterocycles. The smallest absolute Gasteiger partial charge is 0.121 e. The first-order valence-corrected chi connectivity index (χ1v) is 5.52. The van der Waals surface area contributed by atoms with Crippen molar-refractivity contribution < 1.29 is 5.11 Å². The lowest BCUT2D eigenvalue weighted by Crippen LogP contribution is -1.98. The van der Waals surface area contributed by atoms with Crippen LogP contribution >= 0.6 is 34.5 Å². The van der Waals surface area contributed by atoms with Gasteiger partial charge in [-0.25, -0.2) is 0 Å². The standard InChI is InChI=1S/C9H7Cl2NOS/c10-7-4-5(9(11)14-7)8(13)6-2-1-3-12-6/h1-4,8,12-13H. The highest BCUT2D eigenvalue weighted by atomic mass is 35.5. The second kappa shape index (κ2) is 3.95. The number of aliphatic hydroxyl groups is 1. The summed E-state index contributed by atoms with van der Waals surface area (Å²) < 4.78 is 1.10. The Kier molecular flexibility index (Phi) is 2.83. The molecule has 0 radical (unpaired) electrons. The normalized spacial score (nSPS) is 13.1. The maximum absolute atomic E-state index is 9.91. The predicted octanol–water partition coefficient (Wildman–Crippen LogP) is 3.46. The summed E-state index contributed by atoms with van der Waals surface area (Å²) in [5, 5.41) is 9.91. The number of rotatable bonds is 2. The zero-order valence-electron chi connectivity index (χ0n) is 7.00. The van der Waals surface area contributed by atoms with E-state index in [2.05, 4.69) is 4.98 Å². The van der Waals surface area contributed by atoms with Gasteiger partial charge in [-0.15, -0.1) is 11.3 Å². The van der Waals surface area contributed by atoms with Crippen molar-refractivity contribution in [2.45, 2.75) is 6.10 Å². The summed E-state index contributed by atoms with van der Waals surface area (Å²) in [6.07, 6.45) is 1.02. The van der Waals surface area contributed by atoms with Crippen molar-refractivity contribution in [2.24, 2.45) is 0 Å². The highest BCUT2D eigenvalue weighted by Gasteiger charge is 2.17. The molecule has 1 atom stereocenters. The van der Waals surface area contributed by atoms with E-state index in [0.29, 0.717) is 19.9 Å². The number of halogens is 2. The van der Waals surface area contributed by atoms with Gasteiger partial charge in [0.1, 0.15) is 10.4 Å². The van der Waals surface area contributed by atoms with Crippen LogP contribution in [-0.4, -0.2) is 10.1 Å². The van der Waals surface area contributed by atoms with E-state index in [1.165, 1.54) is 11.3 Å². The molecule has 2 N–H and O–H groups in total. The molecule has 0 amide bonds. The van der Waals surface area contributed by atoms with Crippen molar-refractivity contribution in [3.8, 4) is 0 Å². The van der Waals surface area contributed by atoms with Gasteiger partial charge in [-0.3, -0.25) is 0 Å². The van der Waals surface area contributed by atoms with Crippen molar-refractivity contribution in [2.75, 3.05) is 0 Å². The molecule has 0 saturated carbocycles. The molecule has 74 valence electrons. The highest BCUT2D eigenvalue weighted by Crippen LogP contribution is 2.36. The first-order chi connectivity index (χ1) is 6.68. The highest BCUT2D eigenvalue weighted by molar-refractivity contribution is 7.20. The van der Waals surface area contributed by atoms with E-state index in [0.717, 1.165) is 0 Å². The number of hydrogen-bond acceptors (Lipinski definition) is 2. The Morgan fingerprint density at radius 2 is 2.21 bits per heavy atom. The molecular weight excluding hydrogens is 241 g/mol. The number of thiophene rings is 1. The first kappa shape index (κ1) is 10.1. The molecule has 0 spiro atoms. The van der Waals surface area contributed by atoms with Gasteiger partial charge in [-0.2, -0.15) is 0 Å². The van der Waals surface area contributed by atoms with Crippen LogP contribution in [0.4, 0.5) is 0 Å². The number of hydrogen-bond donors (Lipinski definition) is 2. The van der Waals surface area contributed by atoms with Gasteiger partial charge in [-0.05, 0) is 18.2 Å². The topological polar surface area (TPSA) is 36.0 Å². The lowest BCUT2D eigenvalue weighted by molar-refractivity contribution is 0.216. The maximum atomic E-state index is 9.91. The maximum Gasteiger partial charge on any atom is 0.121 e. The van der Waals surface area contributed by atoms with Crippen molar-refractivity contribution in [3.05, 3.63) is 44.3 Å². The van der Waals surface area contributed by atoms with Gasteiger partial charge in [0, 0.05) is 17.5 Å². The minimum Gasteiger partial charge on any atom is -0.382 e. The molecule has 5 heteroatoms. The van der Waals surface area contributed by atoms with E-state index in [-0.39, 0.29) is 0 Å². The van der Waals surface area contributed by atoms with Gasteiger partial charge in [-0.1, -0.05) is 23.2 Å². The van der Waals surface area contributed by atoms with E-state index < -0.39 is 6.10 Å². The van der Waals surface area contributed by atoms with E-state index in [4.69, 9.17) is 23.2 Å². The minimum atomic E-state index is -0.735. The Labute approximate surface area is 95.1 Å². The second-order valence-electron chi connectivity index (χ2n) is 2.81. The number of nitrogens with one attached hydrogen (secondary N) is 1. The zero-order valence-corrected chi connectivity index (χ0v) is 9.33. The van der Waals surface area contributed by atoms with Gasteiger partial charge in [0.2, 0.25) is 0 Å². The lowest BCUT2D eigenvalue weighted by atomic mass is 10.1. The van der Waals surface area contributed by atoms with Crippen LogP contribution in [0.25, 0.3) is 0 Å². The lowest BCUT2D eigenvalue weighted by Gasteiger charge is -2.06. The van der Waals surface area contributed by atoms with Crippen LogP contribution in [0.5, 0.6) is 0 Å². The van der Waals surface area contributed by atoms with Gasteiger partial charge >= 0.3 is 0 Å². The first-order valence-electron chi connectivity index (χ1n) is 3.94. The molecular formula is C9H7Cl2NOS. The number of H-pyrrole nitrogens is 1. The zero-order chi connectivity index (χ0) is 10.1. The molecule has 1 unspecified atom stereocenters. The number of aromatic nitrogens is 1. The van der Waals surface area contributed by atoms with E-state index in [9.17, 15) is 5.11 Å². The van der Waals surface area contributed by atoms with Crippen LogP contribution in [0.1, 0.15) is 17.4 Å². The van der Waals surface area contributed by atoms with Gasteiger partial charge in [0.15, 0.2) is 0 Å². The van der Waals surface area contributed by atoms with E-state index in [1.807, 2.05) is 6.07 Å². The van der Waals surface area contributed by atoms with Crippen LogP contribution in [0, 0.1) is 0 Å². The summed E-state index contributed by atoms with van der Waals surface area (Å²) in [6.45, 7) is 0. The SMILES string of the molecule is OC(c1ccc[nH]1)c1cc(Cl)sc1Cl. The third-order valence-electron chi connectivity index (χ3n) is 1.89. The average Bonchev–Trinajstić information content (AvgIpc) is 2.73. The van der Waals surface area contributed by atoms with Crippen LogP contribution in [0.2, 0.25) is 8.67 Å². The molecule has 0 aromatic carbocycles. The van der Waals surface area contributed by atoms with Crippen LogP contribution in [0.3, 0.4) is 0 Å². The third-order valence-corrected chi connectivity index (χ3v) is 3.41. The Balaban J connectivity index is 2.36. The molecule has 2 rings (SSSR count). The molecule has 0 aliphatic heterocycles. The quantitative estimate of drug-likeness (QED) is 0.838. The molecule has 14 heavy (non-hydrogen) atoms. The summed E-state index contributed by atoms with van der Waals surface area (Å²) in [7, 11) is 0. The molecule has 0 aliphatic rings. The molecule has 2 heterocycles. The minimum absolute atomic E-state index is 0.525. The average molecular weight is 248 g/mol. The molecule has 0 bridgehead atoms. The Bertz CT molecular complexity index is 424. The molecule has 0 aliphatic carbocycles. The molecule has 0 saturated heterocycles. The summed E-state index contributed by atoms with van der Waals surface area (Å²) in [5.41, 5.74) is 1.35. The van der Waals surface area contributed by atoms with Crippen molar-refractivity contribution in [1.29, 1.82) is 0 Å². The second-order valence-corrected chi connectivity index (χ2v) is 5.09. The fraction of sp³-hybridized carbons (Fsp3) is 0.111. The van der Waals surface area contributed by atoms with E-state index >= 15 is 0 Å². The van der Waals surface area contributed by atoms with Crippen LogP contribution in [0.15, 0.2) is 24.4 Å². The van der Waals surface area contributed by atoms with Gasteiger partial charge < -0.3 is 10.1 Å². The predicted molar refractivity (Wildman–Crippen MR) is 59.2 cm³/mol. The van der Waals surface area contributed by atoms with Crippen molar-refractivity contribution in [3.63, 3.8) is 0 Å². The Morgan fingerprint density at radius 1 is 1.43 bits per heavy atom. The molecule has 2 nitrogen and oxygen atoms in total. The summed E-state index contributed by atoms with van der Waals surface area (Å²) in [4.78, 5) is 2.92. The van der Waals surface area contributed by atoms with Crippen LogP contribution in [-0.2, 0) is 0 Å². The van der Waals surface area contributed by atoms with Crippen molar-refractivity contribution in [1.82, 2.24) is 4.98 Å². The van der Waals surface area contributed by atoms with Gasteiger partial charge in [0.05, 0.1) is 4.34 Å². The Hall–Kier alpha value is -0.480. The molecule has 2 aromatic rings. The van der Waals surface area contributed by atoms with Gasteiger partial charge in [0.25, 0.3) is 0 Å². The number of aliphatic hydroxyl groups excluding tert-OH is 1.